The molecule has 4 nitrogen and oxygen atoms in total. The fourth-order valence-corrected chi connectivity index (χ4v) is 5.29. The quantitative estimate of drug-likeness (QED) is 0.527. The average molecular weight is 397 g/mol. The van der Waals surface area contributed by atoms with Gasteiger partial charge in [-0.2, -0.15) is 0 Å². The molecule has 0 amide bonds. The van der Waals surface area contributed by atoms with Gasteiger partial charge in [0.15, 0.2) is 0 Å². The Kier molecular flexibility index (Phi) is 3.87. The molecule has 4 rings (SSSR count). The highest BCUT2D eigenvalue weighted by Crippen LogP contribution is 2.44. The molecule has 1 aliphatic rings. The summed E-state index contributed by atoms with van der Waals surface area (Å²) in [6.45, 7) is 0.705. The molecule has 0 saturated heterocycles. The van der Waals surface area contributed by atoms with Crippen LogP contribution in [0.2, 0.25) is 5.02 Å². The Labute approximate surface area is 154 Å². The number of halogens is 3. The summed E-state index contributed by atoms with van der Waals surface area (Å²) in [6, 6.07) is 4.86. The van der Waals surface area contributed by atoms with Crippen molar-refractivity contribution < 1.29 is 17.2 Å². The van der Waals surface area contributed by atoms with E-state index in [0.29, 0.717) is 40.5 Å². The Morgan fingerprint density at radius 2 is 1.85 bits per heavy atom. The van der Waals surface area contributed by atoms with Crippen LogP contribution in [0.15, 0.2) is 35.4 Å². The Balaban J connectivity index is 2.12. The number of hydrogen-bond acceptors (Lipinski definition) is 3. The van der Waals surface area contributed by atoms with Crippen molar-refractivity contribution in [2.24, 2.45) is 0 Å². The van der Waals surface area contributed by atoms with E-state index in [2.05, 4.69) is 0 Å². The van der Waals surface area contributed by atoms with Gasteiger partial charge in [0.2, 0.25) is 0 Å². The monoisotopic (exact) mass is 396 g/mol. The van der Waals surface area contributed by atoms with Crippen LogP contribution in [0.25, 0.3) is 22.0 Å². The maximum atomic E-state index is 14.4. The number of nitrogens with zero attached hydrogens (tertiary/aromatic N) is 2. The van der Waals surface area contributed by atoms with Gasteiger partial charge >= 0.3 is 0 Å². The van der Waals surface area contributed by atoms with Crippen molar-refractivity contribution in [1.29, 1.82) is 0 Å². The lowest BCUT2D eigenvalue weighted by molar-refractivity contribution is 0.414. The molecule has 136 valence electrons. The largest absolute Gasteiger partial charge is 0.309 e. The Bertz CT molecular complexity index is 1170. The van der Waals surface area contributed by atoms with Gasteiger partial charge in [-0.05, 0) is 44.3 Å². The van der Waals surface area contributed by atoms with Gasteiger partial charge in [0.05, 0.1) is 5.52 Å². The second kappa shape index (κ2) is 5.77. The van der Waals surface area contributed by atoms with Crippen molar-refractivity contribution in [2.75, 3.05) is 20.6 Å². The molecule has 3 aromatic rings. The smallest absolute Gasteiger partial charge is 0.271 e. The summed E-state index contributed by atoms with van der Waals surface area (Å²) in [6.07, 6.45) is 2.11. The molecular formula is C18H15ClF2N2O2S. The molecule has 1 aliphatic heterocycles. The van der Waals surface area contributed by atoms with Crippen molar-refractivity contribution in [2.45, 2.75) is 11.3 Å². The van der Waals surface area contributed by atoms with Crippen LogP contribution in [0.5, 0.6) is 0 Å². The van der Waals surface area contributed by atoms with Crippen molar-refractivity contribution in [3.8, 4) is 11.1 Å². The molecule has 2 aromatic carbocycles. The van der Waals surface area contributed by atoms with Crippen LogP contribution in [0.1, 0.15) is 5.56 Å². The molecule has 0 atom stereocenters. The molecule has 0 aliphatic carbocycles. The number of benzene rings is 2. The predicted molar refractivity (Wildman–Crippen MR) is 97.1 cm³/mol. The SMILES string of the molecule is CN(C)CCc1cn2c3c(cc(Cl)cc13)-c1cc(F)cc(F)c1S2(=O)=O. The van der Waals surface area contributed by atoms with E-state index in [0.717, 1.165) is 15.6 Å². The van der Waals surface area contributed by atoms with Crippen LogP contribution in [0.4, 0.5) is 8.78 Å². The second-order valence-corrected chi connectivity index (χ2v) is 8.81. The van der Waals surface area contributed by atoms with E-state index < -0.39 is 26.6 Å². The molecule has 0 unspecified atom stereocenters. The summed E-state index contributed by atoms with van der Waals surface area (Å²) in [5, 5.41) is 1.06. The number of aromatic nitrogens is 1. The topological polar surface area (TPSA) is 42.3 Å². The number of likely N-dealkylation sites (N-methyl/N-ethyl adjacent to an activating group) is 1. The Morgan fingerprint density at radius 1 is 1.12 bits per heavy atom. The average Bonchev–Trinajstić information content (AvgIpc) is 2.89. The third-order valence-electron chi connectivity index (χ3n) is 4.56. The van der Waals surface area contributed by atoms with Gasteiger partial charge < -0.3 is 4.90 Å². The summed E-state index contributed by atoms with van der Waals surface area (Å²) in [5.74, 6) is -1.94. The summed E-state index contributed by atoms with van der Waals surface area (Å²) in [4.78, 5) is 1.46. The lowest BCUT2D eigenvalue weighted by Gasteiger charge is -2.20. The van der Waals surface area contributed by atoms with Crippen LogP contribution in [0.3, 0.4) is 0 Å². The first-order valence-electron chi connectivity index (χ1n) is 7.93. The van der Waals surface area contributed by atoms with Gasteiger partial charge in [-0.25, -0.2) is 21.2 Å². The van der Waals surface area contributed by atoms with Gasteiger partial charge in [-0.15, -0.1) is 0 Å². The third kappa shape index (κ3) is 2.46. The number of rotatable bonds is 3. The van der Waals surface area contributed by atoms with Gasteiger partial charge in [0, 0.05) is 40.3 Å². The van der Waals surface area contributed by atoms with Gasteiger partial charge in [-0.1, -0.05) is 11.6 Å². The lowest BCUT2D eigenvalue weighted by atomic mass is 10.0. The zero-order chi connectivity index (χ0) is 18.8. The van der Waals surface area contributed by atoms with Gasteiger partial charge in [0.1, 0.15) is 16.5 Å². The van der Waals surface area contributed by atoms with Crippen molar-refractivity contribution in [3.63, 3.8) is 0 Å². The second-order valence-electron chi connectivity index (χ2n) is 6.62. The maximum absolute atomic E-state index is 14.4. The van der Waals surface area contributed by atoms with E-state index in [4.69, 9.17) is 11.6 Å². The molecule has 1 aromatic heterocycles. The Morgan fingerprint density at radius 3 is 2.54 bits per heavy atom. The molecule has 0 spiro atoms. The van der Waals surface area contributed by atoms with E-state index in [1.165, 1.54) is 6.20 Å². The predicted octanol–water partition coefficient (Wildman–Crippen LogP) is 3.89. The van der Waals surface area contributed by atoms with Crippen molar-refractivity contribution in [1.82, 2.24) is 8.87 Å². The summed E-state index contributed by atoms with van der Waals surface area (Å²) in [7, 11) is -0.333. The molecule has 0 radical (unpaired) electrons. The first kappa shape index (κ1) is 17.5. The van der Waals surface area contributed by atoms with Crippen LogP contribution < -0.4 is 0 Å². The van der Waals surface area contributed by atoms with Crippen LogP contribution >= 0.6 is 11.6 Å². The lowest BCUT2D eigenvalue weighted by Crippen LogP contribution is -2.19. The standard InChI is InChI=1S/C18H15ClF2N2O2S/c1-22(2)4-3-10-9-23-17-13(10)5-11(19)6-14(17)15-7-12(20)8-16(21)18(15)26(23,24)25/h5-9H,3-4H2,1-2H3. The van der Waals surface area contributed by atoms with E-state index in [-0.39, 0.29) is 5.56 Å². The highest BCUT2D eigenvalue weighted by atomic mass is 35.5. The Hall–Kier alpha value is -1.96. The van der Waals surface area contributed by atoms with E-state index in [1.54, 1.807) is 12.1 Å². The van der Waals surface area contributed by atoms with E-state index in [1.807, 2.05) is 19.0 Å². The first-order valence-corrected chi connectivity index (χ1v) is 9.75. The van der Waals surface area contributed by atoms with Crippen molar-refractivity contribution >= 4 is 32.5 Å². The minimum absolute atomic E-state index is 0.000223. The normalized spacial score (nSPS) is 14.8. The van der Waals surface area contributed by atoms with Crippen LogP contribution in [-0.4, -0.2) is 37.9 Å². The number of hydrogen-bond donors (Lipinski definition) is 0. The molecule has 0 saturated carbocycles. The zero-order valence-corrected chi connectivity index (χ0v) is 15.6. The summed E-state index contributed by atoms with van der Waals surface area (Å²) >= 11 is 6.23. The highest BCUT2D eigenvalue weighted by molar-refractivity contribution is 7.90. The van der Waals surface area contributed by atoms with E-state index >= 15 is 0 Å². The zero-order valence-electron chi connectivity index (χ0n) is 14.1. The molecule has 0 fully saturated rings. The molecule has 26 heavy (non-hydrogen) atoms. The highest BCUT2D eigenvalue weighted by Gasteiger charge is 2.35. The van der Waals surface area contributed by atoms with Gasteiger partial charge in [-0.3, -0.25) is 0 Å². The summed E-state index contributed by atoms with van der Waals surface area (Å²) in [5.41, 5.74) is 1.60. The van der Waals surface area contributed by atoms with E-state index in [9.17, 15) is 17.2 Å². The fourth-order valence-electron chi connectivity index (χ4n) is 3.42. The maximum Gasteiger partial charge on any atom is 0.271 e. The van der Waals surface area contributed by atoms with Gasteiger partial charge in [0.25, 0.3) is 10.0 Å². The third-order valence-corrected chi connectivity index (χ3v) is 6.51. The summed E-state index contributed by atoms with van der Waals surface area (Å²) < 4.78 is 55.3. The van der Waals surface area contributed by atoms with Crippen LogP contribution in [0, 0.1) is 11.6 Å². The number of fused-ring (bicyclic) bond motifs is 2. The fraction of sp³-hybridized carbons (Fsp3) is 0.222. The molecule has 2 heterocycles. The van der Waals surface area contributed by atoms with Crippen molar-refractivity contribution in [3.05, 3.63) is 52.7 Å². The molecule has 0 bridgehead atoms. The molecule has 8 heteroatoms. The molecule has 0 N–H and O–H groups in total. The first-order chi connectivity index (χ1) is 12.2. The van der Waals surface area contributed by atoms with Crippen LogP contribution in [-0.2, 0) is 16.4 Å². The minimum Gasteiger partial charge on any atom is -0.309 e. The minimum atomic E-state index is -4.17. The molecular weight excluding hydrogens is 382 g/mol.